The van der Waals surface area contributed by atoms with Crippen molar-refractivity contribution in [3.8, 4) is 0 Å². The Kier molecular flexibility index (Phi) is 16.7. The molecule has 288 valence electrons. The van der Waals surface area contributed by atoms with Gasteiger partial charge in [0.15, 0.2) is 11.9 Å². The van der Waals surface area contributed by atoms with Gasteiger partial charge in [0.25, 0.3) is 5.91 Å². The van der Waals surface area contributed by atoms with Crippen molar-refractivity contribution in [3.63, 3.8) is 0 Å². The number of esters is 1. The van der Waals surface area contributed by atoms with E-state index in [1.165, 1.54) is 22.4 Å². The molecule has 0 fully saturated rings. The van der Waals surface area contributed by atoms with E-state index >= 15 is 0 Å². The van der Waals surface area contributed by atoms with Gasteiger partial charge in [-0.25, -0.2) is 0 Å². The topological polar surface area (TPSA) is 106 Å². The molecule has 2 aromatic carbocycles. The SMILES string of the molecule is CCCCOC(=O)C(CCCCCCC(C)(CCC)C(=O)NC1=NN(c2c(Cl)cc(Cl)cc2Cl)C(=O)C1n1cccn1)CCCC(C)c1ccccc1. The van der Waals surface area contributed by atoms with E-state index in [2.05, 4.69) is 60.6 Å². The number of halogens is 3. The van der Waals surface area contributed by atoms with Gasteiger partial charge in [0.2, 0.25) is 5.91 Å². The average molecular weight is 787 g/mol. The number of amides is 2. The van der Waals surface area contributed by atoms with Gasteiger partial charge in [0.05, 0.1) is 22.6 Å². The van der Waals surface area contributed by atoms with Crippen molar-refractivity contribution in [2.75, 3.05) is 11.6 Å². The molecule has 2 amide bonds. The van der Waals surface area contributed by atoms with Crippen LogP contribution in [0.25, 0.3) is 0 Å². The summed E-state index contributed by atoms with van der Waals surface area (Å²) in [5, 5.41) is 13.5. The molecule has 2 heterocycles. The number of benzene rings is 2. The van der Waals surface area contributed by atoms with Crippen LogP contribution in [-0.4, -0.2) is 40.0 Å². The van der Waals surface area contributed by atoms with Crippen molar-refractivity contribution in [3.05, 3.63) is 81.6 Å². The molecule has 0 bridgehead atoms. The number of anilines is 1. The van der Waals surface area contributed by atoms with Gasteiger partial charge in [-0.05, 0) is 68.2 Å². The lowest BCUT2D eigenvalue weighted by Crippen LogP contribution is -2.45. The van der Waals surface area contributed by atoms with Crippen LogP contribution in [0, 0.1) is 11.3 Å². The number of unbranched alkanes of at least 4 members (excludes halogenated alkanes) is 4. The Morgan fingerprint density at radius 1 is 0.906 bits per heavy atom. The number of carbonyl (C=O) groups is 3. The lowest BCUT2D eigenvalue weighted by Gasteiger charge is -2.28. The van der Waals surface area contributed by atoms with Gasteiger partial charge in [0.1, 0.15) is 5.69 Å². The second-order valence-electron chi connectivity index (χ2n) is 14.4. The minimum atomic E-state index is -1.01. The number of hydrazone groups is 1. The van der Waals surface area contributed by atoms with Gasteiger partial charge in [0, 0.05) is 22.8 Å². The molecule has 0 aliphatic carbocycles. The van der Waals surface area contributed by atoms with Crippen LogP contribution in [-0.2, 0) is 19.1 Å². The fraction of sp³-hybridized carbons (Fsp3) is 0.537. The highest BCUT2D eigenvalue weighted by molar-refractivity contribution is 6.42. The Morgan fingerprint density at radius 3 is 2.26 bits per heavy atom. The molecule has 1 aromatic heterocycles. The molecule has 1 N–H and O–H groups in total. The maximum Gasteiger partial charge on any atom is 0.308 e. The van der Waals surface area contributed by atoms with Crippen molar-refractivity contribution < 1.29 is 19.1 Å². The Morgan fingerprint density at radius 2 is 1.60 bits per heavy atom. The Hall–Kier alpha value is -3.40. The van der Waals surface area contributed by atoms with E-state index in [4.69, 9.17) is 39.5 Å². The van der Waals surface area contributed by atoms with Crippen LogP contribution in [0.4, 0.5) is 5.69 Å². The molecule has 1 aliphatic heterocycles. The molecule has 1 aliphatic rings. The number of amidine groups is 1. The molecule has 0 saturated heterocycles. The van der Waals surface area contributed by atoms with Crippen LogP contribution in [0.15, 0.2) is 66.0 Å². The Labute approximate surface area is 329 Å². The number of nitrogens with one attached hydrogen (secondary N) is 1. The predicted octanol–water partition coefficient (Wildman–Crippen LogP) is 10.9. The quantitative estimate of drug-likeness (QED) is 0.0855. The monoisotopic (exact) mass is 785 g/mol. The van der Waals surface area contributed by atoms with Crippen molar-refractivity contribution in [1.29, 1.82) is 0 Å². The van der Waals surface area contributed by atoms with Gasteiger partial charge < -0.3 is 10.1 Å². The fourth-order valence-electron chi connectivity index (χ4n) is 6.97. The van der Waals surface area contributed by atoms with Crippen LogP contribution in [0.5, 0.6) is 0 Å². The summed E-state index contributed by atoms with van der Waals surface area (Å²) in [6.07, 6.45) is 14.5. The Bertz CT molecular complexity index is 1650. The molecule has 0 radical (unpaired) electrons. The van der Waals surface area contributed by atoms with Crippen LogP contribution in [0.2, 0.25) is 15.1 Å². The maximum atomic E-state index is 14.0. The molecule has 4 rings (SSSR count). The third-order valence-corrected chi connectivity index (χ3v) is 10.9. The van der Waals surface area contributed by atoms with E-state index in [0.717, 1.165) is 75.6 Å². The highest BCUT2D eigenvalue weighted by Crippen LogP contribution is 2.40. The van der Waals surface area contributed by atoms with Gasteiger partial charge in [-0.3, -0.25) is 19.1 Å². The minimum absolute atomic E-state index is 0.0705. The van der Waals surface area contributed by atoms with Gasteiger partial charge in [-0.15, -0.1) is 5.10 Å². The zero-order valence-corrected chi connectivity index (χ0v) is 33.7. The number of aromatic nitrogens is 2. The molecular formula is C41H54Cl3N5O4. The van der Waals surface area contributed by atoms with Crippen molar-refractivity contribution >= 4 is 64.1 Å². The summed E-state index contributed by atoms with van der Waals surface area (Å²) in [7, 11) is 0. The number of ether oxygens (including phenoxy) is 1. The maximum absolute atomic E-state index is 14.0. The largest absolute Gasteiger partial charge is 0.465 e. The summed E-state index contributed by atoms with van der Waals surface area (Å²) in [6.45, 7) is 8.85. The van der Waals surface area contributed by atoms with E-state index in [-0.39, 0.29) is 39.4 Å². The van der Waals surface area contributed by atoms with Crippen LogP contribution in [0.3, 0.4) is 0 Å². The third-order valence-electron chi connectivity index (χ3n) is 10.1. The summed E-state index contributed by atoms with van der Waals surface area (Å²) in [6, 6.07) is 14.2. The van der Waals surface area contributed by atoms with Crippen molar-refractivity contribution in [2.24, 2.45) is 16.4 Å². The summed E-state index contributed by atoms with van der Waals surface area (Å²) < 4.78 is 7.11. The minimum Gasteiger partial charge on any atom is -0.465 e. The molecule has 12 heteroatoms. The second kappa shape index (κ2) is 20.9. The summed E-state index contributed by atoms with van der Waals surface area (Å²) in [4.78, 5) is 40.8. The molecule has 3 aromatic rings. The number of nitrogens with zero attached hydrogens (tertiary/aromatic N) is 4. The smallest absolute Gasteiger partial charge is 0.308 e. The van der Waals surface area contributed by atoms with Crippen molar-refractivity contribution in [1.82, 2.24) is 15.1 Å². The average Bonchev–Trinajstić information content (AvgIpc) is 3.76. The number of carbonyl (C=O) groups excluding carboxylic acids is 3. The molecule has 9 nitrogen and oxygen atoms in total. The standard InChI is InChI=1S/C41H54Cl3N5O4/c1-5-7-26-53-39(51)31(21-15-17-29(3)30-18-12-10-13-19-30)20-11-8-9-14-23-41(4,22-6-2)40(52)46-37-36(48-25-16-24-45-48)38(50)49(47-37)35-33(43)27-32(42)28-34(35)44/h10,12-13,16,18-19,24-25,27-29,31,36H,5-9,11,14-15,17,20-23,26H2,1-4H3,(H,46,47,52). The summed E-state index contributed by atoms with van der Waals surface area (Å²) in [5.74, 6) is -0.258. The van der Waals surface area contributed by atoms with E-state index in [9.17, 15) is 14.4 Å². The normalized spacial score (nSPS) is 16.6. The summed E-state index contributed by atoms with van der Waals surface area (Å²) >= 11 is 19.0. The number of rotatable bonds is 21. The van der Waals surface area contributed by atoms with E-state index in [0.29, 0.717) is 30.4 Å². The number of hydrogen-bond donors (Lipinski definition) is 1. The zero-order valence-electron chi connectivity index (χ0n) is 31.5. The highest BCUT2D eigenvalue weighted by Gasteiger charge is 2.43. The van der Waals surface area contributed by atoms with Gasteiger partial charge in [-0.1, -0.05) is 138 Å². The van der Waals surface area contributed by atoms with Gasteiger partial charge >= 0.3 is 5.97 Å². The lowest BCUT2D eigenvalue weighted by molar-refractivity contribution is -0.149. The first kappa shape index (κ1) is 42.3. The third kappa shape index (κ3) is 11.8. The Balaban J connectivity index is 1.34. The van der Waals surface area contributed by atoms with Crippen LogP contribution < -0.4 is 10.3 Å². The van der Waals surface area contributed by atoms with Crippen LogP contribution >= 0.6 is 34.8 Å². The first-order valence-corrected chi connectivity index (χ1v) is 20.2. The molecule has 4 atom stereocenters. The molecule has 0 spiro atoms. The molecular weight excluding hydrogens is 733 g/mol. The van der Waals surface area contributed by atoms with Gasteiger partial charge in [-0.2, -0.15) is 10.1 Å². The highest BCUT2D eigenvalue weighted by atomic mass is 35.5. The lowest BCUT2D eigenvalue weighted by atomic mass is 9.79. The summed E-state index contributed by atoms with van der Waals surface area (Å²) in [5.41, 5.74) is 0.813. The van der Waals surface area contributed by atoms with E-state index in [1.54, 1.807) is 18.5 Å². The van der Waals surface area contributed by atoms with E-state index in [1.807, 2.05) is 13.0 Å². The first-order chi connectivity index (χ1) is 25.5. The number of hydrogen-bond acceptors (Lipinski definition) is 6. The molecule has 0 saturated carbocycles. The van der Waals surface area contributed by atoms with E-state index < -0.39 is 17.4 Å². The predicted molar refractivity (Wildman–Crippen MR) is 215 cm³/mol. The second-order valence-corrected chi connectivity index (χ2v) is 15.7. The van der Waals surface area contributed by atoms with Crippen molar-refractivity contribution in [2.45, 2.75) is 123 Å². The van der Waals surface area contributed by atoms with Crippen LogP contribution in [0.1, 0.15) is 129 Å². The molecule has 53 heavy (non-hydrogen) atoms. The molecule has 4 unspecified atom stereocenters. The fourth-order valence-corrected chi connectivity index (χ4v) is 7.95. The first-order valence-electron chi connectivity index (χ1n) is 19.1. The zero-order chi connectivity index (χ0) is 38.4.